The van der Waals surface area contributed by atoms with E-state index in [1.165, 1.54) is 5.56 Å². The number of hydrogen-bond acceptors (Lipinski definition) is 3. The van der Waals surface area contributed by atoms with E-state index in [1.807, 2.05) is 38.2 Å². The topological polar surface area (TPSA) is 42.1 Å². The van der Waals surface area contributed by atoms with Crippen LogP contribution in [0.4, 0.5) is 11.5 Å². The lowest BCUT2D eigenvalue weighted by molar-refractivity contribution is 0.894. The Morgan fingerprint density at radius 1 is 1.28 bits per heavy atom. The first-order valence-electron chi connectivity index (χ1n) is 5.75. The number of pyridine rings is 1. The zero-order valence-corrected chi connectivity index (χ0v) is 12.1. The van der Waals surface area contributed by atoms with Crippen LogP contribution in [0, 0.1) is 6.92 Å². The van der Waals surface area contributed by atoms with Gasteiger partial charge in [-0.2, -0.15) is 0 Å². The third-order valence-electron chi connectivity index (χ3n) is 2.71. The van der Waals surface area contributed by atoms with Gasteiger partial charge in [-0.3, -0.25) is 0 Å². The summed E-state index contributed by atoms with van der Waals surface area (Å²) < 4.78 is 1.08. The number of benzene rings is 1. The molecule has 0 amide bonds. The third-order valence-corrected chi connectivity index (χ3v) is 3.21. The average molecular weight is 306 g/mol. The lowest BCUT2D eigenvalue weighted by Gasteiger charge is -2.20. The number of anilines is 2. The van der Waals surface area contributed by atoms with Crippen molar-refractivity contribution in [3.05, 3.63) is 52.1 Å². The van der Waals surface area contributed by atoms with Gasteiger partial charge in [0.2, 0.25) is 0 Å². The zero-order chi connectivity index (χ0) is 13.1. The minimum atomic E-state index is 0.707. The first-order chi connectivity index (χ1) is 8.56. The molecule has 1 heterocycles. The molecule has 0 bridgehead atoms. The fraction of sp³-hybridized carbons (Fsp3) is 0.214. The molecule has 0 aliphatic rings. The molecule has 1 aromatic carbocycles. The summed E-state index contributed by atoms with van der Waals surface area (Å²) in [6.07, 6.45) is 0. The molecule has 0 unspecified atom stereocenters. The summed E-state index contributed by atoms with van der Waals surface area (Å²) in [7, 11) is 2.00. The Morgan fingerprint density at radius 3 is 2.78 bits per heavy atom. The summed E-state index contributed by atoms with van der Waals surface area (Å²) >= 11 is 3.48. The van der Waals surface area contributed by atoms with Crippen LogP contribution < -0.4 is 10.6 Å². The molecule has 0 aliphatic heterocycles. The second kappa shape index (κ2) is 5.40. The van der Waals surface area contributed by atoms with Crippen molar-refractivity contribution in [1.29, 1.82) is 0 Å². The molecular formula is C14H16BrN3. The van der Waals surface area contributed by atoms with E-state index in [2.05, 4.69) is 37.9 Å². The first-order valence-corrected chi connectivity index (χ1v) is 6.54. The minimum Gasteiger partial charge on any atom is -0.396 e. The van der Waals surface area contributed by atoms with Crippen molar-refractivity contribution >= 4 is 27.4 Å². The molecule has 2 aromatic rings. The van der Waals surface area contributed by atoms with E-state index >= 15 is 0 Å². The highest BCUT2D eigenvalue weighted by Gasteiger charge is 2.08. The van der Waals surface area contributed by atoms with Gasteiger partial charge in [-0.05, 0) is 36.8 Å². The van der Waals surface area contributed by atoms with E-state index in [-0.39, 0.29) is 0 Å². The number of nitrogens with two attached hydrogens (primary N) is 1. The van der Waals surface area contributed by atoms with Crippen molar-refractivity contribution in [2.24, 2.45) is 0 Å². The summed E-state index contributed by atoms with van der Waals surface area (Å²) in [5.41, 5.74) is 8.86. The molecule has 0 saturated heterocycles. The van der Waals surface area contributed by atoms with Gasteiger partial charge < -0.3 is 10.6 Å². The van der Waals surface area contributed by atoms with Crippen LogP contribution >= 0.6 is 15.9 Å². The molecule has 0 spiro atoms. The standard InChI is InChI=1S/C14H16BrN3/c1-10-6-7-13(16)14(17-10)18(2)9-11-4-3-5-12(15)8-11/h3-8H,9,16H2,1-2H3. The van der Waals surface area contributed by atoms with Crippen LogP contribution in [0.15, 0.2) is 40.9 Å². The van der Waals surface area contributed by atoms with Crippen molar-refractivity contribution in [2.45, 2.75) is 13.5 Å². The quantitative estimate of drug-likeness (QED) is 0.945. The summed E-state index contributed by atoms with van der Waals surface area (Å²) in [5, 5.41) is 0. The molecule has 3 nitrogen and oxygen atoms in total. The van der Waals surface area contributed by atoms with Crippen LogP contribution in [0.1, 0.15) is 11.3 Å². The second-order valence-electron chi connectivity index (χ2n) is 4.35. The molecule has 4 heteroatoms. The van der Waals surface area contributed by atoms with Crippen LogP contribution in [0.2, 0.25) is 0 Å². The van der Waals surface area contributed by atoms with Gasteiger partial charge in [-0.15, -0.1) is 0 Å². The molecule has 18 heavy (non-hydrogen) atoms. The summed E-state index contributed by atoms with van der Waals surface area (Å²) in [6, 6.07) is 12.1. The Balaban J connectivity index is 2.21. The number of hydrogen-bond donors (Lipinski definition) is 1. The second-order valence-corrected chi connectivity index (χ2v) is 5.27. The molecule has 1 aromatic heterocycles. The van der Waals surface area contributed by atoms with E-state index in [0.29, 0.717) is 5.69 Å². The maximum absolute atomic E-state index is 5.96. The van der Waals surface area contributed by atoms with Gasteiger partial charge in [0.25, 0.3) is 0 Å². The monoisotopic (exact) mass is 305 g/mol. The predicted octanol–water partition coefficient (Wildman–Crippen LogP) is 3.37. The van der Waals surface area contributed by atoms with Gasteiger partial charge in [-0.1, -0.05) is 28.1 Å². The number of nitrogens with zero attached hydrogens (tertiary/aromatic N) is 2. The summed E-state index contributed by atoms with van der Waals surface area (Å²) in [4.78, 5) is 6.54. The molecule has 0 aliphatic carbocycles. The Bertz CT molecular complexity index is 554. The van der Waals surface area contributed by atoms with Crippen LogP contribution in [0.5, 0.6) is 0 Å². The van der Waals surface area contributed by atoms with Crippen LogP contribution in [-0.2, 0) is 6.54 Å². The minimum absolute atomic E-state index is 0.707. The summed E-state index contributed by atoms with van der Waals surface area (Å²) in [5.74, 6) is 0.829. The Labute approximate surface area is 116 Å². The smallest absolute Gasteiger partial charge is 0.152 e. The van der Waals surface area contributed by atoms with E-state index < -0.39 is 0 Å². The van der Waals surface area contributed by atoms with Crippen molar-refractivity contribution < 1.29 is 0 Å². The third kappa shape index (κ3) is 3.01. The maximum atomic E-state index is 5.96. The predicted molar refractivity (Wildman–Crippen MR) is 79.6 cm³/mol. The average Bonchev–Trinajstić information content (AvgIpc) is 2.32. The van der Waals surface area contributed by atoms with Crippen LogP contribution in [0.3, 0.4) is 0 Å². The zero-order valence-electron chi connectivity index (χ0n) is 10.5. The number of aromatic nitrogens is 1. The fourth-order valence-corrected chi connectivity index (χ4v) is 2.29. The lowest BCUT2D eigenvalue weighted by atomic mass is 10.2. The molecule has 94 valence electrons. The van der Waals surface area contributed by atoms with E-state index in [1.54, 1.807) is 0 Å². The number of aryl methyl sites for hydroxylation is 1. The van der Waals surface area contributed by atoms with E-state index in [4.69, 9.17) is 5.73 Å². The number of rotatable bonds is 3. The highest BCUT2D eigenvalue weighted by atomic mass is 79.9. The van der Waals surface area contributed by atoms with Gasteiger partial charge in [0.1, 0.15) is 0 Å². The maximum Gasteiger partial charge on any atom is 0.152 e. The summed E-state index contributed by atoms with van der Waals surface area (Å²) in [6.45, 7) is 2.75. The fourth-order valence-electron chi connectivity index (χ4n) is 1.84. The van der Waals surface area contributed by atoms with Crippen molar-refractivity contribution in [3.8, 4) is 0 Å². The highest BCUT2D eigenvalue weighted by molar-refractivity contribution is 9.10. The number of nitrogen functional groups attached to an aromatic ring is 1. The number of halogens is 1. The van der Waals surface area contributed by atoms with Crippen LogP contribution in [-0.4, -0.2) is 12.0 Å². The lowest BCUT2D eigenvalue weighted by Crippen LogP contribution is -2.19. The van der Waals surface area contributed by atoms with Gasteiger partial charge in [0, 0.05) is 23.8 Å². The Morgan fingerprint density at radius 2 is 2.06 bits per heavy atom. The molecule has 0 saturated carbocycles. The largest absolute Gasteiger partial charge is 0.396 e. The van der Waals surface area contributed by atoms with Gasteiger partial charge >= 0.3 is 0 Å². The first kappa shape index (κ1) is 12.9. The van der Waals surface area contributed by atoms with Crippen molar-refractivity contribution in [1.82, 2.24) is 4.98 Å². The van der Waals surface area contributed by atoms with E-state index in [9.17, 15) is 0 Å². The molecule has 2 rings (SSSR count). The van der Waals surface area contributed by atoms with Crippen molar-refractivity contribution in [3.63, 3.8) is 0 Å². The van der Waals surface area contributed by atoms with Gasteiger partial charge in [0.05, 0.1) is 5.69 Å². The van der Waals surface area contributed by atoms with E-state index in [0.717, 1.165) is 22.5 Å². The molecule has 0 radical (unpaired) electrons. The van der Waals surface area contributed by atoms with Gasteiger partial charge in [0.15, 0.2) is 5.82 Å². The van der Waals surface area contributed by atoms with Gasteiger partial charge in [-0.25, -0.2) is 4.98 Å². The Hall–Kier alpha value is -1.55. The Kier molecular flexibility index (Phi) is 3.87. The molecular weight excluding hydrogens is 290 g/mol. The molecule has 2 N–H and O–H groups in total. The normalized spacial score (nSPS) is 10.4. The molecule has 0 atom stereocenters. The van der Waals surface area contributed by atoms with Crippen LogP contribution in [0.25, 0.3) is 0 Å². The SMILES string of the molecule is Cc1ccc(N)c(N(C)Cc2cccc(Br)c2)n1. The van der Waals surface area contributed by atoms with Crippen molar-refractivity contribution in [2.75, 3.05) is 17.7 Å². The highest BCUT2D eigenvalue weighted by Crippen LogP contribution is 2.22. The molecule has 0 fully saturated rings.